The summed E-state index contributed by atoms with van der Waals surface area (Å²) in [5.74, 6) is -0.147. The molecule has 4 nitrogen and oxygen atoms in total. The Morgan fingerprint density at radius 2 is 1.44 bits per heavy atom. The molecule has 0 heterocycles. The summed E-state index contributed by atoms with van der Waals surface area (Å²) in [6.45, 7) is 8.04. The highest BCUT2D eigenvalue weighted by molar-refractivity contribution is 5.87. The molecule has 0 saturated carbocycles. The van der Waals surface area contributed by atoms with Gasteiger partial charge in [-0.3, -0.25) is 9.59 Å². The Bertz CT molecular complexity index is 736. The first kappa shape index (κ1) is 20.7. The van der Waals surface area contributed by atoms with Crippen molar-refractivity contribution in [2.75, 3.05) is 0 Å². The largest absolute Gasteiger partial charge is 0.350 e. The maximum atomic E-state index is 13.0. The van der Waals surface area contributed by atoms with Crippen molar-refractivity contribution in [1.82, 2.24) is 10.2 Å². The Kier molecular flexibility index (Phi) is 7.17. The third-order valence-electron chi connectivity index (χ3n) is 4.33. The zero-order valence-electron chi connectivity index (χ0n) is 16.7. The number of amides is 2. The molecule has 0 aromatic heterocycles. The van der Waals surface area contributed by atoms with Gasteiger partial charge < -0.3 is 10.2 Å². The minimum atomic E-state index is -0.535. The molecule has 0 radical (unpaired) electrons. The molecule has 0 aliphatic carbocycles. The molecule has 0 saturated heterocycles. The van der Waals surface area contributed by atoms with Gasteiger partial charge in [0, 0.05) is 18.5 Å². The molecule has 0 aliphatic heterocycles. The Hall–Kier alpha value is -2.62. The SMILES string of the molecule is C[C@@H](C(=O)NC(C)(C)C)N(Cc1ccccc1)C(=O)CCc1ccccc1. The van der Waals surface area contributed by atoms with Gasteiger partial charge in [0.05, 0.1) is 0 Å². The summed E-state index contributed by atoms with van der Waals surface area (Å²) in [6.07, 6.45) is 1.04. The molecule has 1 N–H and O–H groups in total. The van der Waals surface area contributed by atoms with E-state index in [1.807, 2.05) is 81.4 Å². The first-order chi connectivity index (χ1) is 12.8. The number of hydrogen-bond donors (Lipinski definition) is 1. The molecule has 0 aliphatic rings. The molecule has 27 heavy (non-hydrogen) atoms. The zero-order valence-corrected chi connectivity index (χ0v) is 16.7. The zero-order chi connectivity index (χ0) is 19.9. The Morgan fingerprint density at radius 1 is 0.926 bits per heavy atom. The van der Waals surface area contributed by atoms with E-state index in [1.54, 1.807) is 11.8 Å². The van der Waals surface area contributed by atoms with Gasteiger partial charge in [-0.25, -0.2) is 0 Å². The van der Waals surface area contributed by atoms with E-state index in [2.05, 4.69) is 5.32 Å². The predicted octanol–water partition coefficient (Wildman–Crippen LogP) is 3.95. The van der Waals surface area contributed by atoms with Crippen LogP contribution in [0.25, 0.3) is 0 Å². The second-order valence-corrected chi connectivity index (χ2v) is 7.91. The van der Waals surface area contributed by atoms with Gasteiger partial charge in [0.25, 0.3) is 0 Å². The molecule has 2 aromatic rings. The van der Waals surface area contributed by atoms with E-state index in [4.69, 9.17) is 0 Å². The van der Waals surface area contributed by atoms with Gasteiger partial charge in [0.1, 0.15) is 6.04 Å². The summed E-state index contributed by atoms with van der Waals surface area (Å²) in [6, 6.07) is 19.2. The predicted molar refractivity (Wildman–Crippen MR) is 109 cm³/mol. The van der Waals surface area contributed by atoms with E-state index >= 15 is 0 Å². The van der Waals surface area contributed by atoms with E-state index in [1.165, 1.54) is 0 Å². The molecule has 1 atom stereocenters. The summed E-state index contributed by atoms with van der Waals surface area (Å²) < 4.78 is 0. The van der Waals surface area contributed by atoms with Crippen molar-refractivity contribution in [2.24, 2.45) is 0 Å². The van der Waals surface area contributed by atoms with Crippen LogP contribution in [-0.2, 0) is 22.6 Å². The van der Waals surface area contributed by atoms with Crippen LogP contribution in [0.5, 0.6) is 0 Å². The van der Waals surface area contributed by atoms with Crippen LogP contribution in [0.3, 0.4) is 0 Å². The molecule has 2 aromatic carbocycles. The van der Waals surface area contributed by atoms with Crippen LogP contribution < -0.4 is 5.32 Å². The van der Waals surface area contributed by atoms with Gasteiger partial charge in [-0.15, -0.1) is 0 Å². The number of aryl methyl sites for hydroxylation is 1. The molecular formula is C23H30N2O2. The van der Waals surface area contributed by atoms with Crippen molar-refractivity contribution >= 4 is 11.8 Å². The summed E-state index contributed by atoms with van der Waals surface area (Å²) in [5, 5.41) is 2.98. The van der Waals surface area contributed by atoms with E-state index in [-0.39, 0.29) is 17.4 Å². The van der Waals surface area contributed by atoms with Gasteiger partial charge in [0.15, 0.2) is 0 Å². The highest BCUT2D eigenvalue weighted by Gasteiger charge is 2.28. The second kappa shape index (κ2) is 9.36. The third kappa shape index (κ3) is 6.89. The van der Waals surface area contributed by atoms with E-state index < -0.39 is 6.04 Å². The number of nitrogens with one attached hydrogen (secondary N) is 1. The van der Waals surface area contributed by atoms with Crippen LogP contribution >= 0.6 is 0 Å². The Labute approximate surface area is 162 Å². The normalized spacial score (nSPS) is 12.3. The lowest BCUT2D eigenvalue weighted by Crippen LogP contribution is -2.52. The number of rotatable bonds is 7. The average molecular weight is 367 g/mol. The Balaban J connectivity index is 2.12. The molecule has 2 rings (SSSR count). The number of carbonyl (C=O) groups excluding carboxylic acids is 2. The van der Waals surface area contributed by atoms with Crippen LogP contribution in [0.4, 0.5) is 0 Å². The van der Waals surface area contributed by atoms with E-state index in [9.17, 15) is 9.59 Å². The van der Waals surface area contributed by atoms with Crippen molar-refractivity contribution in [3.05, 3.63) is 71.8 Å². The number of carbonyl (C=O) groups is 2. The third-order valence-corrected chi connectivity index (χ3v) is 4.33. The minimum absolute atomic E-state index is 0.0146. The van der Waals surface area contributed by atoms with Crippen molar-refractivity contribution in [1.29, 1.82) is 0 Å². The van der Waals surface area contributed by atoms with Gasteiger partial charge in [0.2, 0.25) is 11.8 Å². The molecular weight excluding hydrogens is 336 g/mol. The molecule has 144 valence electrons. The van der Waals surface area contributed by atoms with Crippen LogP contribution in [0.1, 0.15) is 45.2 Å². The minimum Gasteiger partial charge on any atom is -0.350 e. The number of benzene rings is 2. The molecule has 2 amide bonds. The van der Waals surface area contributed by atoms with Crippen LogP contribution in [0.2, 0.25) is 0 Å². The van der Waals surface area contributed by atoms with E-state index in [0.29, 0.717) is 19.4 Å². The molecule has 0 unspecified atom stereocenters. The maximum absolute atomic E-state index is 13.0. The molecule has 0 bridgehead atoms. The summed E-state index contributed by atoms with van der Waals surface area (Å²) in [5.41, 5.74) is 1.80. The van der Waals surface area contributed by atoms with Gasteiger partial charge in [-0.2, -0.15) is 0 Å². The van der Waals surface area contributed by atoms with Gasteiger partial charge in [-0.1, -0.05) is 60.7 Å². The summed E-state index contributed by atoms with van der Waals surface area (Å²) in [7, 11) is 0. The lowest BCUT2D eigenvalue weighted by molar-refractivity contribution is -0.141. The van der Waals surface area contributed by atoms with Crippen molar-refractivity contribution in [2.45, 2.75) is 58.7 Å². The van der Waals surface area contributed by atoms with Crippen molar-refractivity contribution in [3.63, 3.8) is 0 Å². The fourth-order valence-electron chi connectivity index (χ4n) is 2.88. The molecule has 4 heteroatoms. The number of hydrogen-bond acceptors (Lipinski definition) is 2. The lowest BCUT2D eigenvalue weighted by Gasteiger charge is -2.31. The van der Waals surface area contributed by atoms with Crippen molar-refractivity contribution < 1.29 is 9.59 Å². The van der Waals surface area contributed by atoms with Crippen LogP contribution in [-0.4, -0.2) is 28.3 Å². The molecule has 0 fully saturated rings. The summed E-state index contributed by atoms with van der Waals surface area (Å²) in [4.78, 5) is 27.3. The van der Waals surface area contributed by atoms with Gasteiger partial charge >= 0.3 is 0 Å². The summed E-state index contributed by atoms with van der Waals surface area (Å²) >= 11 is 0. The van der Waals surface area contributed by atoms with Crippen LogP contribution in [0.15, 0.2) is 60.7 Å². The standard InChI is InChI=1S/C23H30N2O2/c1-18(22(27)24-23(2,3)4)25(17-20-13-9-6-10-14-20)21(26)16-15-19-11-7-5-8-12-19/h5-14,18H,15-17H2,1-4H3,(H,24,27)/t18-/m0/s1. The lowest BCUT2D eigenvalue weighted by atomic mass is 10.1. The second-order valence-electron chi connectivity index (χ2n) is 7.91. The maximum Gasteiger partial charge on any atom is 0.242 e. The first-order valence-electron chi connectivity index (χ1n) is 9.45. The average Bonchev–Trinajstić information content (AvgIpc) is 2.64. The molecule has 0 spiro atoms. The number of nitrogens with zero attached hydrogens (tertiary/aromatic N) is 1. The monoisotopic (exact) mass is 366 g/mol. The van der Waals surface area contributed by atoms with Gasteiger partial charge in [-0.05, 0) is 45.2 Å². The topological polar surface area (TPSA) is 49.4 Å². The highest BCUT2D eigenvalue weighted by atomic mass is 16.2. The quantitative estimate of drug-likeness (QED) is 0.806. The fourth-order valence-corrected chi connectivity index (χ4v) is 2.88. The van der Waals surface area contributed by atoms with E-state index in [0.717, 1.165) is 11.1 Å². The Morgan fingerprint density at radius 3 is 1.96 bits per heavy atom. The highest BCUT2D eigenvalue weighted by Crippen LogP contribution is 2.14. The smallest absolute Gasteiger partial charge is 0.242 e. The van der Waals surface area contributed by atoms with Crippen LogP contribution in [0, 0.1) is 0 Å². The fraction of sp³-hybridized carbons (Fsp3) is 0.391. The van der Waals surface area contributed by atoms with Crippen molar-refractivity contribution in [3.8, 4) is 0 Å². The first-order valence-corrected chi connectivity index (χ1v) is 9.45.